The number of nitrogens with zero attached hydrogens (tertiary/aromatic N) is 2. The highest BCUT2D eigenvalue weighted by molar-refractivity contribution is 5.98. The number of hydrogen-bond donors (Lipinski definition) is 4. The van der Waals surface area contributed by atoms with Crippen molar-refractivity contribution in [1.82, 2.24) is 15.1 Å². The Morgan fingerprint density at radius 1 is 1.32 bits per heavy atom. The first kappa shape index (κ1) is 23.3. The van der Waals surface area contributed by atoms with E-state index in [0.29, 0.717) is 0 Å². The molecule has 1 atom stereocenters. The van der Waals surface area contributed by atoms with E-state index in [1.165, 1.54) is 26.1 Å². The molecule has 1 unspecified atom stereocenters. The molecule has 154 valence electrons. The monoisotopic (exact) mass is 394 g/mol. The van der Waals surface area contributed by atoms with E-state index >= 15 is 0 Å². The third-order valence-corrected chi connectivity index (χ3v) is 3.78. The lowest BCUT2D eigenvalue weighted by molar-refractivity contribution is 0.0798. The number of benzene rings is 1. The predicted octanol–water partition coefficient (Wildman–Crippen LogP) is 1.39. The van der Waals surface area contributed by atoms with E-state index in [2.05, 4.69) is 15.7 Å². The largest absolute Gasteiger partial charge is 0.394 e. The summed E-state index contributed by atoms with van der Waals surface area (Å²) in [5.74, 6) is -1.21. The molecule has 28 heavy (non-hydrogen) atoms. The van der Waals surface area contributed by atoms with E-state index in [0.717, 1.165) is 10.2 Å². The van der Waals surface area contributed by atoms with Gasteiger partial charge in [-0.25, -0.2) is 9.07 Å². The highest BCUT2D eigenvalue weighted by atomic mass is 19.1. The molecule has 0 spiro atoms. The highest BCUT2D eigenvalue weighted by Crippen LogP contribution is 2.24. The van der Waals surface area contributed by atoms with Crippen LogP contribution in [0.15, 0.2) is 23.0 Å². The van der Waals surface area contributed by atoms with Gasteiger partial charge in [0.2, 0.25) is 0 Å². The Kier molecular flexibility index (Phi) is 8.75. The molecule has 0 saturated heterocycles. The van der Waals surface area contributed by atoms with Crippen molar-refractivity contribution >= 4 is 17.3 Å². The smallest absolute Gasteiger partial charge is 0.274 e. The van der Waals surface area contributed by atoms with Crippen molar-refractivity contribution in [3.63, 3.8) is 0 Å². The molecular weight excluding hydrogens is 367 g/mol. The fraction of sp³-hybridized carbons (Fsp3) is 0.421. The van der Waals surface area contributed by atoms with Crippen LogP contribution in [0.5, 0.6) is 0 Å². The molecular formula is C19H27FN4O4. The van der Waals surface area contributed by atoms with Gasteiger partial charge in [-0.05, 0) is 31.5 Å². The van der Waals surface area contributed by atoms with Crippen LogP contribution in [0.3, 0.4) is 0 Å². The van der Waals surface area contributed by atoms with Crippen molar-refractivity contribution in [2.45, 2.75) is 33.8 Å². The Labute approximate surface area is 163 Å². The van der Waals surface area contributed by atoms with Crippen molar-refractivity contribution in [2.24, 2.45) is 7.05 Å². The molecule has 9 heteroatoms. The summed E-state index contributed by atoms with van der Waals surface area (Å²) in [6.45, 7) is 6.53. The van der Waals surface area contributed by atoms with Crippen LogP contribution in [0.2, 0.25) is 0 Å². The van der Waals surface area contributed by atoms with Gasteiger partial charge in [0, 0.05) is 19.2 Å². The molecule has 1 aromatic carbocycles. The molecule has 0 aliphatic rings. The molecule has 0 bridgehead atoms. The van der Waals surface area contributed by atoms with Gasteiger partial charge in [-0.2, -0.15) is 5.10 Å². The maximum absolute atomic E-state index is 14.2. The van der Waals surface area contributed by atoms with E-state index in [4.69, 9.17) is 5.11 Å². The van der Waals surface area contributed by atoms with Crippen LogP contribution in [0.1, 0.15) is 35.5 Å². The number of rotatable bonds is 6. The van der Waals surface area contributed by atoms with Crippen LogP contribution in [0, 0.1) is 19.7 Å². The van der Waals surface area contributed by atoms with Crippen molar-refractivity contribution in [2.75, 3.05) is 18.5 Å². The number of hydrogen-bond acceptors (Lipinski definition) is 6. The average molecular weight is 394 g/mol. The summed E-state index contributed by atoms with van der Waals surface area (Å²) in [6.07, 6.45) is -1.13. The summed E-state index contributed by atoms with van der Waals surface area (Å²) in [4.78, 5) is 24.6. The van der Waals surface area contributed by atoms with Crippen molar-refractivity contribution in [3.05, 3.63) is 51.2 Å². The Morgan fingerprint density at radius 2 is 1.96 bits per heavy atom. The molecule has 1 aromatic heterocycles. The lowest BCUT2D eigenvalue weighted by Crippen LogP contribution is -2.36. The summed E-state index contributed by atoms with van der Waals surface area (Å²) in [6, 6.07) is 4.51. The molecule has 8 nitrogen and oxygen atoms in total. The van der Waals surface area contributed by atoms with Crippen LogP contribution in [0.4, 0.5) is 15.8 Å². The van der Waals surface area contributed by atoms with E-state index in [-0.39, 0.29) is 29.2 Å². The molecule has 1 amide bonds. The zero-order chi connectivity index (χ0) is 21.4. The quantitative estimate of drug-likeness (QED) is 0.588. The lowest BCUT2D eigenvalue weighted by Gasteiger charge is -2.16. The topological polar surface area (TPSA) is 116 Å². The zero-order valence-corrected chi connectivity index (χ0v) is 16.7. The second-order valence-electron chi connectivity index (χ2n) is 5.93. The number of aliphatic hydroxyl groups excluding tert-OH is 2. The van der Waals surface area contributed by atoms with Gasteiger partial charge >= 0.3 is 0 Å². The Hall–Kier alpha value is -2.78. The van der Waals surface area contributed by atoms with Crippen LogP contribution >= 0.6 is 0 Å². The summed E-state index contributed by atoms with van der Waals surface area (Å²) < 4.78 is 15.2. The lowest BCUT2D eigenvalue weighted by atomic mass is 10.1. The highest BCUT2D eigenvalue weighted by Gasteiger charge is 2.21. The van der Waals surface area contributed by atoms with Crippen LogP contribution in [0.25, 0.3) is 0 Å². The molecule has 0 fully saturated rings. The standard InChI is InChI=1S/C17H21FN4O4.C2H6/c1-9-4-5-13(12(18)6-9)20-14-10(2)17(26)22(3)21-15(14)16(25)19-7-11(24)8-23;1-2/h4-6,11,20,23-24H,7-8H2,1-3H3,(H,19,25);1-2H3. The maximum Gasteiger partial charge on any atom is 0.274 e. The normalized spacial score (nSPS) is 11.3. The van der Waals surface area contributed by atoms with Gasteiger partial charge in [-0.1, -0.05) is 19.9 Å². The van der Waals surface area contributed by atoms with Gasteiger partial charge in [0.15, 0.2) is 5.69 Å². The Bertz CT molecular complexity index is 883. The number of aryl methyl sites for hydroxylation is 2. The van der Waals surface area contributed by atoms with Crippen molar-refractivity contribution in [1.29, 1.82) is 0 Å². The first-order chi connectivity index (χ1) is 13.2. The Morgan fingerprint density at radius 3 is 2.54 bits per heavy atom. The first-order valence-corrected chi connectivity index (χ1v) is 8.92. The second kappa shape index (κ2) is 10.5. The average Bonchev–Trinajstić information content (AvgIpc) is 2.69. The van der Waals surface area contributed by atoms with Crippen molar-refractivity contribution in [3.8, 4) is 0 Å². The summed E-state index contributed by atoms with van der Waals surface area (Å²) in [5, 5.41) is 27.3. The molecule has 2 aromatic rings. The maximum atomic E-state index is 14.2. The van der Waals surface area contributed by atoms with Crippen molar-refractivity contribution < 1.29 is 19.4 Å². The van der Waals surface area contributed by atoms with Crippen LogP contribution in [-0.2, 0) is 7.05 Å². The first-order valence-electron chi connectivity index (χ1n) is 8.92. The minimum atomic E-state index is -1.13. The third kappa shape index (κ3) is 5.61. The molecule has 0 saturated carbocycles. The SMILES string of the molecule is CC.Cc1ccc(Nc2c(C(=O)NCC(O)CO)nn(C)c(=O)c2C)c(F)c1. The minimum absolute atomic E-state index is 0.0758. The summed E-state index contributed by atoms with van der Waals surface area (Å²) >= 11 is 0. The van der Waals surface area contributed by atoms with Gasteiger partial charge in [0.25, 0.3) is 11.5 Å². The molecule has 4 N–H and O–H groups in total. The zero-order valence-electron chi connectivity index (χ0n) is 16.7. The number of carbonyl (C=O) groups is 1. The van der Waals surface area contributed by atoms with Gasteiger partial charge in [-0.3, -0.25) is 9.59 Å². The summed E-state index contributed by atoms with van der Waals surface area (Å²) in [7, 11) is 1.39. The fourth-order valence-corrected chi connectivity index (χ4v) is 2.30. The van der Waals surface area contributed by atoms with E-state index in [1.54, 1.807) is 13.0 Å². The molecule has 1 heterocycles. The molecule has 0 aliphatic heterocycles. The Balaban J connectivity index is 0.00000190. The molecule has 0 aliphatic carbocycles. The van der Waals surface area contributed by atoms with E-state index < -0.39 is 30.0 Å². The van der Waals surface area contributed by atoms with Gasteiger partial charge in [0.05, 0.1) is 24.1 Å². The number of carbonyl (C=O) groups excluding carboxylic acids is 1. The third-order valence-electron chi connectivity index (χ3n) is 3.78. The van der Waals surface area contributed by atoms with E-state index in [9.17, 15) is 19.1 Å². The number of aromatic nitrogens is 2. The predicted molar refractivity (Wildman–Crippen MR) is 105 cm³/mol. The molecule has 0 radical (unpaired) electrons. The molecule has 2 rings (SSSR count). The van der Waals surface area contributed by atoms with Gasteiger partial charge < -0.3 is 20.8 Å². The number of anilines is 2. The van der Waals surface area contributed by atoms with Crippen LogP contribution < -0.4 is 16.2 Å². The fourth-order valence-electron chi connectivity index (χ4n) is 2.30. The number of nitrogens with one attached hydrogen (secondary N) is 2. The summed E-state index contributed by atoms with van der Waals surface area (Å²) in [5.41, 5.74) is 0.518. The van der Waals surface area contributed by atoms with Gasteiger partial charge in [-0.15, -0.1) is 0 Å². The van der Waals surface area contributed by atoms with Crippen LogP contribution in [-0.4, -0.2) is 45.2 Å². The van der Waals surface area contributed by atoms with Gasteiger partial charge in [0.1, 0.15) is 5.82 Å². The number of amides is 1. The minimum Gasteiger partial charge on any atom is -0.394 e. The number of halogens is 1. The number of aliphatic hydroxyl groups is 2. The second-order valence-corrected chi connectivity index (χ2v) is 5.93. The van der Waals surface area contributed by atoms with E-state index in [1.807, 2.05) is 13.8 Å².